The number of hydrogen-bond acceptors (Lipinski definition) is 19. The highest BCUT2D eigenvalue weighted by molar-refractivity contribution is 6.76. The fraction of sp³-hybridized carbons (Fsp3) is 0.206. The van der Waals surface area contributed by atoms with Gasteiger partial charge < -0.3 is 52.1 Å². The van der Waals surface area contributed by atoms with Gasteiger partial charge in [-0.25, -0.2) is 33.6 Å². The van der Waals surface area contributed by atoms with E-state index < -0.39 is 126 Å². The van der Waals surface area contributed by atoms with Crippen LogP contribution in [-0.2, 0) is 52.1 Å². The summed E-state index contributed by atoms with van der Waals surface area (Å²) in [5, 5.41) is 8.69. The van der Waals surface area contributed by atoms with Gasteiger partial charge in [-0.15, -0.1) is 0 Å². The van der Waals surface area contributed by atoms with E-state index in [9.17, 15) is 33.6 Å². The van der Waals surface area contributed by atoms with Crippen LogP contribution in [0.5, 0.6) is 0 Å². The van der Waals surface area contributed by atoms with Crippen LogP contribution in [0.4, 0.5) is 0 Å². The first-order valence-electron chi connectivity index (χ1n) is 26.1. The van der Waals surface area contributed by atoms with E-state index in [0.29, 0.717) is 0 Å². The van der Waals surface area contributed by atoms with E-state index in [2.05, 4.69) is 0 Å². The summed E-state index contributed by atoms with van der Waals surface area (Å²) in [6.07, 6.45) is -19.8. The summed E-state index contributed by atoms with van der Waals surface area (Å²) in [6, 6.07) is 53.3. The lowest BCUT2D eigenvalue weighted by Gasteiger charge is -2.48. The van der Waals surface area contributed by atoms with Crippen LogP contribution in [0.25, 0.3) is 0 Å². The van der Waals surface area contributed by atoms with Crippen molar-refractivity contribution in [3.8, 4) is 0 Å². The SMILES string of the molecule is N=C(O[C@@H]1O[C@H](COC(=O)c2ccccc2)[C@@H](O[C@@H]2OC(COC(=O)c3ccccc3)[C@H](OC(=O)c3ccccc3)[C@H](OC(=O)c3ccccc3)[C@H]2OC(=O)c2ccccc2)[C@H](OC(=O)c2ccccc2)[C@H]1OC(=O)c1ccccc1)C(Cl)(Cl)Cl. The Hall–Kier alpha value is -8.95. The van der Waals surface area contributed by atoms with Crippen LogP contribution < -0.4 is 0 Å². The van der Waals surface area contributed by atoms with E-state index in [1.807, 2.05) is 0 Å². The van der Waals surface area contributed by atoms with E-state index in [0.717, 1.165) is 0 Å². The number of halogens is 3. The molecule has 0 bridgehead atoms. The Morgan fingerprint density at radius 1 is 0.329 bits per heavy atom. The van der Waals surface area contributed by atoms with Gasteiger partial charge in [0.05, 0.1) is 38.9 Å². The van der Waals surface area contributed by atoms with Gasteiger partial charge in [0, 0.05) is 0 Å². The van der Waals surface area contributed by atoms with Crippen LogP contribution in [0.2, 0.25) is 0 Å². The molecule has 7 aromatic carbocycles. The molecule has 2 heterocycles. The topological polar surface area (TPSA) is 245 Å². The highest BCUT2D eigenvalue weighted by atomic mass is 35.6. The Balaban J connectivity index is 1.22. The van der Waals surface area contributed by atoms with Crippen LogP contribution >= 0.6 is 34.8 Å². The molecular weight excluding hydrogens is 1170 g/mol. The standard InChI is InChI=1S/C63H50Cl3NO18/c64-63(65,66)62(67)85-61-52(83-59(74)44-34-20-7-21-35-44)50(81-57(72)42-30-16-5-17-31-42)48(46(78-61)37-76-54(69)39-24-10-2-11-25-39)84-60-51(82-58(73)43-32-18-6-19-33-43)49(80-56(71)41-28-14-4-15-29-41)47(79-55(70)40-26-12-3-13-27-40)45(77-60)36-75-53(68)38-22-8-1-9-23-38/h1-35,45-52,60-61,67H,36-37H2/t45?,46-,47+,48-,49+,50+,51-,52-,60+,61+/m1/s1. The number of hydrogen-bond donors (Lipinski definition) is 1. The molecule has 0 aliphatic carbocycles. The molecule has 1 N–H and O–H groups in total. The van der Waals surface area contributed by atoms with E-state index in [1.54, 1.807) is 103 Å². The predicted octanol–water partition coefficient (Wildman–Crippen LogP) is 10.0. The van der Waals surface area contributed by atoms with Crippen molar-refractivity contribution in [2.24, 2.45) is 0 Å². The Labute approximate surface area is 500 Å². The van der Waals surface area contributed by atoms with Crippen molar-refractivity contribution in [2.75, 3.05) is 13.2 Å². The van der Waals surface area contributed by atoms with Gasteiger partial charge in [0.25, 0.3) is 3.79 Å². The van der Waals surface area contributed by atoms with Crippen molar-refractivity contribution < 1.29 is 85.7 Å². The fourth-order valence-corrected chi connectivity index (χ4v) is 8.99. The molecule has 0 saturated carbocycles. The summed E-state index contributed by atoms with van der Waals surface area (Å²) < 4.78 is 66.3. The third-order valence-electron chi connectivity index (χ3n) is 13.0. The van der Waals surface area contributed by atoms with Crippen molar-refractivity contribution in [2.45, 2.75) is 65.2 Å². The van der Waals surface area contributed by atoms with Gasteiger partial charge in [-0.2, -0.15) is 0 Å². The minimum atomic E-state index is -2.59. The maximum Gasteiger partial charge on any atom is 0.338 e. The number of rotatable bonds is 19. The molecule has 0 radical (unpaired) electrons. The molecule has 0 amide bonds. The number of benzene rings is 7. The summed E-state index contributed by atoms with van der Waals surface area (Å²) in [7, 11) is 0. The molecular formula is C63H50Cl3NO18. The smallest absolute Gasteiger partial charge is 0.338 e. The van der Waals surface area contributed by atoms with Gasteiger partial charge in [-0.3, -0.25) is 5.41 Å². The second-order valence-electron chi connectivity index (χ2n) is 18.7. The molecule has 2 aliphatic rings. The Morgan fingerprint density at radius 3 is 0.894 bits per heavy atom. The molecule has 7 aromatic rings. The molecule has 436 valence electrons. The largest absolute Gasteiger partial charge is 0.459 e. The van der Waals surface area contributed by atoms with Gasteiger partial charge in [-0.1, -0.05) is 162 Å². The Morgan fingerprint density at radius 2 is 0.576 bits per heavy atom. The molecule has 10 atom stereocenters. The first-order valence-corrected chi connectivity index (χ1v) is 27.3. The number of nitrogens with one attached hydrogen (secondary N) is 1. The summed E-state index contributed by atoms with van der Waals surface area (Å²) in [5.41, 5.74) is 0.00502. The molecule has 85 heavy (non-hydrogen) atoms. The second-order valence-corrected chi connectivity index (χ2v) is 21.0. The third-order valence-corrected chi connectivity index (χ3v) is 13.5. The normalized spacial score (nSPS) is 21.8. The van der Waals surface area contributed by atoms with E-state index in [1.165, 1.54) is 109 Å². The van der Waals surface area contributed by atoms with Crippen LogP contribution in [0.1, 0.15) is 72.5 Å². The Bertz CT molecular complexity index is 3420. The number of carbonyl (C=O) groups excluding carboxylic acids is 7. The zero-order valence-corrected chi connectivity index (χ0v) is 46.6. The van der Waals surface area contributed by atoms with E-state index in [-0.39, 0.29) is 38.9 Å². The molecule has 0 spiro atoms. The molecule has 19 nitrogen and oxygen atoms in total. The van der Waals surface area contributed by atoms with Gasteiger partial charge >= 0.3 is 41.8 Å². The van der Waals surface area contributed by atoms with E-state index in [4.69, 9.17) is 92.3 Å². The number of ether oxygens (including phenoxy) is 11. The molecule has 1 unspecified atom stereocenters. The zero-order valence-electron chi connectivity index (χ0n) is 44.4. The molecule has 22 heteroatoms. The molecule has 2 saturated heterocycles. The summed E-state index contributed by atoms with van der Waals surface area (Å²) in [6.45, 7) is -1.64. The minimum Gasteiger partial charge on any atom is -0.459 e. The number of carbonyl (C=O) groups is 7. The van der Waals surface area contributed by atoms with E-state index >= 15 is 0 Å². The highest BCUT2D eigenvalue weighted by Crippen LogP contribution is 2.38. The molecule has 2 aliphatic heterocycles. The average Bonchev–Trinajstić information content (AvgIpc) is 1.60. The summed E-state index contributed by atoms with van der Waals surface area (Å²) in [5.74, 6) is -8.13. The first-order chi connectivity index (χ1) is 41.1. The quantitative estimate of drug-likeness (QED) is 0.0260. The third kappa shape index (κ3) is 15.8. The van der Waals surface area contributed by atoms with Gasteiger partial charge in [0.1, 0.15) is 31.5 Å². The fourth-order valence-electron chi connectivity index (χ4n) is 8.85. The lowest BCUT2D eigenvalue weighted by Crippen LogP contribution is -2.67. The van der Waals surface area contributed by atoms with Crippen molar-refractivity contribution >= 4 is 82.5 Å². The zero-order chi connectivity index (χ0) is 59.9. The van der Waals surface area contributed by atoms with Gasteiger partial charge in [0.2, 0.25) is 18.3 Å². The van der Waals surface area contributed by atoms with Crippen LogP contribution in [0.3, 0.4) is 0 Å². The predicted molar refractivity (Wildman–Crippen MR) is 303 cm³/mol. The second kappa shape index (κ2) is 28.6. The van der Waals surface area contributed by atoms with Gasteiger partial charge in [-0.05, 0) is 84.9 Å². The minimum absolute atomic E-state index is 0.0119. The lowest BCUT2D eigenvalue weighted by molar-refractivity contribution is -0.350. The van der Waals surface area contributed by atoms with Crippen molar-refractivity contribution in [1.29, 1.82) is 5.41 Å². The maximum atomic E-state index is 14.6. The molecule has 2 fully saturated rings. The highest BCUT2D eigenvalue weighted by Gasteiger charge is 2.59. The summed E-state index contributed by atoms with van der Waals surface area (Å²) in [4.78, 5) is 100. The average molecular weight is 1220 g/mol. The van der Waals surface area contributed by atoms with Crippen molar-refractivity contribution in [1.82, 2.24) is 0 Å². The van der Waals surface area contributed by atoms with Crippen molar-refractivity contribution in [3.63, 3.8) is 0 Å². The molecule has 0 aromatic heterocycles. The first kappa shape index (κ1) is 60.6. The van der Waals surface area contributed by atoms with Crippen LogP contribution in [0, 0.1) is 5.41 Å². The van der Waals surface area contributed by atoms with Crippen molar-refractivity contribution in [3.05, 3.63) is 251 Å². The summed E-state index contributed by atoms with van der Waals surface area (Å²) >= 11 is 18.5. The monoisotopic (exact) mass is 1210 g/mol. The van der Waals surface area contributed by atoms with Crippen LogP contribution in [-0.4, -0.2) is 126 Å². The number of esters is 7. The lowest BCUT2D eigenvalue weighted by atomic mass is 9.95. The maximum absolute atomic E-state index is 14.6. The van der Waals surface area contributed by atoms with Gasteiger partial charge in [0.15, 0.2) is 30.7 Å². The molecule has 9 rings (SSSR count). The van der Waals surface area contributed by atoms with Crippen LogP contribution in [0.15, 0.2) is 212 Å². The number of alkyl halides is 3. The Kier molecular flexibility index (Phi) is 20.4.